The Kier molecular flexibility index (Phi) is 3.32. The van der Waals surface area contributed by atoms with E-state index in [1.807, 2.05) is 18.3 Å². The predicted molar refractivity (Wildman–Crippen MR) is 66.1 cm³/mol. The van der Waals surface area contributed by atoms with Gasteiger partial charge in [-0.1, -0.05) is 11.2 Å². The predicted octanol–water partition coefficient (Wildman–Crippen LogP) is 1.35. The molecule has 2 aromatic rings. The van der Waals surface area contributed by atoms with Crippen LogP contribution in [0, 0.1) is 0 Å². The summed E-state index contributed by atoms with van der Waals surface area (Å²) in [6.07, 6.45) is 7.53. The highest BCUT2D eigenvalue weighted by atomic mass is 16.5. The molecule has 1 atom stereocenters. The molecule has 94 valence electrons. The van der Waals surface area contributed by atoms with Crippen molar-refractivity contribution in [1.82, 2.24) is 20.4 Å². The zero-order valence-corrected chi connectivity index (χ0v) is 10.2. The molecule has 5 heteroatoms. The van der Waals surface area contributed by atoms with E-state index < -0.39 is 0 Å². The van der Waals surface area contributed by atoms with Gasteiger partial charge in [0.15, 0.2) is 5.82 Å². The summed E-state index contributed by atoms with van der Waals surface area (Å²) in [5.74, 6) is 1.46. The second kappa shape index (κ2) is 5.27. The highest BCUT2D eigenvalue weighted by molar-refractivity contribution is 5.13. The molecule has 3 rings (SSSR count). The van der Waals surface area contributed by atoms with Crippen molar-refractivity contribution in [2.75, 3.05) is 6.54 Å². The number of nitrogens with one attached hydrogen (secondary N) is 1. The monoisotopic (exact) mass is 244 g/mol. The number of hydrogen-bond donors (Lipinski definition) is 1. The lowest BCUT2D eigenvalue weighted by Gasteiger charge is -2.04. The van der Waals surface area contributed by atoms with Gasteiger partial charge in [0, 0.05) is 31.3 Å². The molecule has 1 fully saturated rings. The molecular weight excluding hydrogens is 228 g/mol. The van der Waals surface area contributed by atoms with Crippen molar-refractivity contribution in [3.63, 3.8) is 0 Å². The zero-order chi connectivity index (χ0) is 12.2. The van der Waals surface area contributed by atoms with Gasteiger partial charge in [-0.15, -0.1) is 0 Å². The summed E-state index contributed by atoms with van der Waals surface area (Å²) in [6.45, 7) is 1.10. The molecule has 0 radical (unpaired) electrons. The van der Waals surface area contributed by atoms with Crippen LogP contribution in [0.2, 0.25) is 0 Å². The maximum absolute atomic E-state index is 5.28. The Morgan fingerprint density at radius 2 is 2.44 bits per heavy atom. The van der Waals surface area contributed by atoms with E-state index in [-0.39, 0.29) is 0 Å². The highest BCUT2D eigenvalue weighted by Crippen LogP contribution is 2.12. The average Bonchev–Trinajstić information content (AvgIpc) is 3.03. The molecule has 2 aromatic heterocycles. The van der Waals surface area contributed by atoms with Gasteiger partial charge in [0.2, 0.25) is 5.89 Å². The van der Waals surface area contributed by atoms with Crippen molar-refractivity contribution in [2.24, 2.45) is 0 Å². The first-order valence-corrected chi connectivity index (χ1v) is 6.34. The van der Waals surface area contributed by atoms with Crippen LogP contribution in [0.5, 0.6) is 0 Å². The summed E-state index contributed by atoms with van der Waals surface area (Å²) < 4.78 is 5.28. The van der Waals surface area contributed by atoms with E-state index in [0.29, 0.717) is 12.5 Å². The lowest BCUT2D eigenvalue weighted by Crippen LogP contribution is -2.23. The van der Waals surface area contributed by atoms with Crippen molar-refractivity contribution in [3.05, 3.63) is 41.8 Å². The summed E-state index contributed by atoms with van der Waals surface area (Å²) in [6, 6.07) is 4.43. The normalized spacial score (nSPS) is 19.2. The molecule has 0 aliphatic carbocycles. The lowest BCUT2D eigenvalue weighted by molar-refractivity contribution is 0.360. The van der Waals surface area contributed by atoms with Gasteiger partial charge in [-0.05, 0) is 31.0 Å². The topological polar surface area (TPSA) is 63.8 Å². The van der Waals surface area contributed by atoms with E-state index in [9.17, 15) is 0 Å². The van der Waals surface area contributed by atoms with Crippen LogP contribution in [0.15, 0.2) is 29.0 Å². The third-order valence-electron chi connectivity index (χ3n) is 3.18. The first-order chi connectivity index (χ1) is 8.90. The summed E-state index contributed by atoms with van der Waals surface area (Å²) in [5.41, 5.74) is 1.10. The smallest absolute Gasteiger partial charge is 0.228 e. The van der Waals surface area contributed by atoms with Crippen LogP contribution < -0.4 is 5.32 Å². The molecular formula is C13H16N4O. The molecule has 0 amide bonds. The Labute approximate surface area is 106 Å². The van der Waals surface area contributed by atoms with E-state index in [0.717, 1.165) is 30.2 Å². The second-order valence-electron chi connectivity index (χ2n) is 4.64. The molecule has 1 N–H and O–H groups in total. The molecule has 5 nitrogen and oxygen atoms in total. The third kappa shape index (κ3) is 2.73. The minimum absolute atomic E-state index is 0.497. The van der Waals surface area contributed by atoms with Gasteiger partial charge in [0.25, 0.3) is 0 Å². The molecule has 1 saturated heterocycles. The molecule has 1 aliphatic heterocycles. The van der Waals surface area contributed by atoms with Crippen LogP contribution in [-0.2, 0) is 12.8 Å². The quantitative estimate of drug-likeness (QED) is 0.879. The van der Waals surface area contributed by atoms with Gasteiger partial charge in [0.1, 0.15) is 0 Å². The Bertz CT molecular complexity index is 491. The zero-order valence-electron chi connectivity index (χ0n) is 10.2. The van der Waals surface area contributed by atoms with Crippen molar-refractivity contribution in [1.29, 1.82) is 0 Å². The standard InChI is InChI=1S/C13H16N4O/c1-3-10(9-14-5-1)7-12-16-13(18-17-12)8-11-4-2-6-15-11/h1,3,5,9,11,15H,2,4,6-8H2. The minimum atomic E-state index is 0.497. The summed E-state index contributed by atoms with van der Waals surface area (Å²) in [4.78, 5) is 8.50. The molecule has 18 heavy (non-hydrogen) atoms. The Balaban J connectivity index is 1.62. The SMILES string of the molecule is c1cncc(Cc2noc(CC3CCCN3)n2)c1. The average molecular weight is 244 g/mol. The van der Waals surface area contributed by atoms with Gasteiger partial charge < -0.3 is 9.84 Å². The van der Waals surface area contributed by atoms with Crippen molar-refractivity contribution < 1.29 is 4.52 Å². The van der Waals surface area contributed by atoms with E-state index >= 15 is 0 Å². The van der Waals surface area contributed by atoms with Crippen LogP contribution in [0.3, 0.4) is 0 Å². The first-order valence-electron chi connectivity index (χ1n) is 6.34. The van der Waals surface area contributed by atoms with Gasteiger partial charge >= 0.3 is 0 Å². The summed E-state index contributed by atoms with van der Waals surface area (Å²) in [7, 11) is 0. The molecule has 0 saturated carbocycles. The van der Waals surface area contributed by atoms with E-state index in [1.54, 1.807) is 6.20 Å². The van der Waals surface area contributed by atoms with Crippen LogP contribution in [0.25, 0.3) is 0 Å². The maximum atomic E-state index is 5.28. The van der Waals surface area contributed by atoms with Crippen molar-refractivity contribution in [3.8, 4) is 0 Å². The second-order valence-corrected chi connectivity index (χ2v) is 4.64. The Morgan fingerprint density at radius 1 is 1.44 bits per heavy atom. The lowest BCUT2D eigenvalue weighted by atomic mass is 10.1. The molecule has 3 heterocycles. The fraction of sp³-hybridized carbons (Fsp3) is 0.462. The van der Waals surface area contributed by atoms with Gasteiger partial charge in [-0.25, -0.2) is 0 Å². The molecule has 1 unspecified atom stereocenters. The number of nitrogens with zero attached hydrogens (tertiary/aromatic N) is 3. The molecule has 1 aliphatic rings. The van der Waals surface area contributed by atoms with Gasteiger partial charge in [-0.2, -0.15) is 4.98 Å². The van der Waals surface area contributed by atoms with Crippen LogP contribution in [0.4, 0.5) is 0 Å². The number of hydrogen-bond acceptors (Lipinski definition) is 5. The van der Waals surface area contributed by atoms with Crippen LogP contribution >= 0.6 is 0 Å². The Hall–Kier alpha value is -1.75. The summed E-state index contributed by atoms with van der Waals surface area (Å²) in [5, 5.41) is 7.44. The minimum Gasteiger partial charge on any atom is -0.339 e. The maximum Gasteiger partial charge on any atom is 0.228 e. The van der Waals surface area contributed by atoms with Crippen LogP contribution in [-0.4, -0.2) is 27.7 Å². The highest BCUT2D eigenvalue weighted by Gasteiger charge is 2.18. The molecule has 0 aromatic carbocycles. The van der Waals surface area contributed by atoms with Crippen molar-refractivity contribution in [2.45, 2.75) is 31.7 Å². The van der Waals surface area contributed by atoms with E-state index in [4.69, 9.17) is 4.52 Å². The number of pyridine rings is 1. The third-order valence-corrected chi connectivity index (χ3v) is 3.18. The Morgan fingerprint density at radius 3 is 3.22 bits per heavy atom. The fourth-order valence-electron chi connectivity index (χ4n) is 2.27. The first kappa shape index (κ1) is 11.3. The molecule has 0 bridgehead atoms. The van der Waals surface area contributed by atoms with E-state index in [2.05, 4.69) is 20.4 Å². The van der Waals surface area contributed by atoms with Gasteiger partial charge in [-0.3, -0.25) is 4.98 Å². The number of aromatic nitrogens is 3. The van der Waals surface area contributed by atoms with Crippen LogP contribution in [0.1, 0.15) is 30.1 Å². The molecule has 0 spiro atoms. The fourth-order valence-corrected chi connectivity index (χ4v) is 2.27. The largest absolute Gasteiger partial charge is 0.339 e. The van der Waals surface area contributed by atoms with Gasteiger partial charge in [0.05, 0.1) is 0 Å². The number of rotatable bonds is 4. The van der Waals surface area contributed by atoms with Crippen molar-refractivity contribution >= 4 is 0 Å². The summed E-state index contributed by atoms with van der Waals surface area (Å²) >= 11 is 0. The van der Waals surface area contributed by atoms with E-state index in [1.165, 1.54) is 12.8 Å².